The molecule has 1 aliphatic heterocycles. The second-order valence-electron chi connectivity index (χ2n) is 6.33. The first kappa shape index (κ1) is 17.6. The van der Waals surface area contributed by atoms with Crippen molar-refractivity contribution >= 4 is 16.7 Å². The van der Waals surface area contributed by atoms with Crippen LogP contribution in [-0.2, 0) is 12.7 Å². The lowest BCUT2D eigenvalue weighted by atomic mass is 10.0. The van der Waals surface area contributed by atoms with Crippen LogP contribution < -0.4 is 10.2 Å². The predicted molar refractivity (Wildman–Crippen MR) is 91.6 cm³/mol. The highest BCUT2D eigenvalue weighted by Gasteiger charge is 2.32. The van der Waals surface area contributed by atoms with Crippen molar-refractivity contribution < 1.29 is 13.2 Å². The standard InChI is InChI=1S/C18H21F3N4/c1-3-25-16-10-12(18(19,20)21)4-5-14(16)15(11-22)17(25)24-8-6-13(23-2)7-9-24/h4-5,10,13,23H,3,6-9H2,1-2H3. The topological polar surface area (TPSA) is 44.0 Å². The molecule has 3 rings (SSSR count). The Morgan fingerprint density at radius 1 is 1.28 bits per heavy atom. The highest BCUT2D eigenvalue weighted by Crippen LogP contribution is 2.37. The van der Waals surface area contributed by atoms with Gasteiger partial charge in [0.2, 0.25) is 0 Å². The second kappa shape index (κ2) is 6.60. The molecule has 134 valence electrons. The molecular formula is C18H21F3N4. The lowest BCUT2D eigenvalue weighted by molar-refractivity contribution is -0.137. The molecule has 25 heavy (non-hydrogen) atoms. The summed E-state index contributed by atoms with van der Waals surface area (Å²) < 4.78 is 41.1. The molecule has 0 aliphatic carbocycles. The third-order valence-corrected chi connectivity index (χ3v) is 5.00. The van der Waals surface area contributed by atoms with Gasteiger partial charge in [0.15, 0.2) is 0 Å². The molecule has 0 radical (unpaired) electrons. The fourth-order valence-corrected chi connectivity index (χ4v) is 3.65. The second-order valence-corrected chi connectivity index (χ2v) is 6.33. The van der Waals surface area contributed by atoms with Crippen LogP contribution >= 0.6 is 0 Å². The van der Waals surface area contributed by atoms with Crippen LogP contribution in [-0.4, -0.2) is 30.7 Å². The molecule has 1 aromatic heterocycles. The third kappa shape index (κ3) is 3.07. The minimum Gasteiger partial charge on any atom is -0.357 e. The minimum absolute atomic E-state index is 0.443. The van der Waals surface area contributed by atoms with Gasteiger partial charge in [-0.1, -0.05) is 6.07 Å². The van der Waals surface area contributed by atoms with Crippen LogP contribution in [0.4, 0.5) is 19.0 Å². The lowest BCUT2D eigenvalue weighted by Crippen LogP contribution is -2.42. The van der Waals surface area contributed by atoms with Gasteiger partial charge in [0.1, 0.15) is 17.5 Å². The van der Waals surface area contributed by atoms with Crippen molar-refractivity contribution in [2.24, 2.45) is 0 Å². The third-order valence-electron chi connectivity index (χ3n) is 5.00. The van der Waals surface area contributed by atoms with Crippen molar-refractivity contribution in [1.82, 2.24) is 9.88 Å². The Morgan fingerprint density at radius 3 is 2.48 bits per heavy atom. The molecule has 4 nitrogen and oxygen atoms in total. The van der Waals surface area contributed by atoms with Crippen LogP contribution in [0.25, 0.3) is 10.9 Å². The molecule has 0 unspecified atom stereocenters. The highest BCUT2D eigenvalue weighted by molar-refractivity contribution is 5.93. The van der Waals surface area contributed by atoms with E-state index >= 15 is 0 Å². The smallest absolute Gasteiger partial charge is 0.357 e. The predicted octanol–water partition coefficient (Wildman–Crippen LogP) is 3.74. The fraction of sp³-hybridized carbons (Fsp3) is 0.500. The summed E-state index contributed by atoms with van der Waals surface area (Å²) in [6.07, 6.45) is -2.50. The van der Waals surface area contributed by atoms with Crippen LogP contribution in [0.15, 0.2) is 18.2 Å². The molecule has 2 aromatic rings. The van der Waals surface area contributed by atoms with Crippen molar-refractivity contribution in [3.8, 4) is 6.07 Å². The van der Waals surface area contributed by atoms with E-state index in [2.05, 4.69) is 16.3 Å². The van der Waals surface area contributed by atoms with Gasteiger partial charge in [-0.2, -0.15) is 18.4 Å². The maximum atomic E-state index is 13.1. The van der Waals surface area contributed by atoms with E-state index in [-0.39, 0.29) is 0 Å². The fourth-order valence-electron chi connectivity index (χ4n) is 3.65. The number of alkyl halides is 3. The molecule has 2 heterocycles. The van der Waals surface area contributed by atoms with Crippen molar-refractivity contribution in [2.75, 3.05) is 25.0 Å². The van der Waals surface area contributed by atoms with Crippen molar-refractivity contribution in [1.29, 1.82) is 5.26 Å². The number of rotatable bonds is 3. The van der Waals surface area contributed by atoms with Gasteiger partial charge in [0, 0.05) is 31.1 Å². The highest BCUT2D eigenvalue weighted by atomic mass is 19.4. The van der Waals surface area contributed by atoms with E-state index in [1.54, 1.807) is 0 Å². The number of aromatic nitrogens is 1. The zero-order valence-electron chi connectivity index (χ0n) is 14.3. The van der Waals surface area contributed by atoms with Gasteiger partial charge >= 0.3 is 6.18 Å². The molecule has 1 aromatic carbocycles. The molecule has 7 heteroatoms. The van der Waals surface area contributed by atoms with E-state index in [4.69, 9.17) is 0 Å². The average molecular weight is 350 g/mol. The minimum atomic E-state index is -4.39. The Hall–Kier alpha value is -2.20. The average Bonchev–Trinajstić information content (AvgIpc) is 2.93. The Morgan fingerprint density at radius 2 is 1.96 bits per heavy atom. The number of hydrogen-bond acceptors (Lipinski definition) is 3. The van der Waals surface area contributed by atoms with Crippen molar-refractivity contribution in [3.05, 3.63) is 29.3 Å². The normalized spacial score (nSPS) is 16.4. The number of nitriles is 1. The number of fused-ring (bicyclic) bond motifs is 1. The molecule has 0 amide bonds. The molecule has 1 saturated heterocycles. The molecule has 0 bridgehead atoms. The summed E-state index contributed by atoms with van der Waals surface area (Å²) in [4.78, 5) is 2.13. The molecule has 1 N–H and O–H groups in total. The summed E-state index contributed by atoms with van der Waals surface area (Å²) in [6.45, 7) is 3.97. The first-order valence-corrected chi connectivity index (χ1v) is 8.46. The lowest BCUT2D eigenvalue weighted by Gasteiger charge is -2.34. The van der Waals surface area contributed by atoms with Crippen LogP contribution in [0.3, 0.4) is 0 Å². The molecule has 0 spiro atoms. The molecular weight excluding hydrogens is 329 g/mol. The van der Waals surface area contributed by atoms with E-state index in [1.165, 1.54) is 6.07 Å². The van der Waals surface area contributed by atoms with Gasteiger partial charge in [0.25, 0.3) is 0 Å². The molecule has 0 saturated carbocycles. The van der Waals surface area contributed by atoms with Crippen molar-refractivity contribution in [3.63, 3.8) is 0 Å². The number of hydrogen-bond donors (Lipinski definition) is 1. The van der Waals surface area contributed by atoms with Crippen LogP contribution in [0.5, 0.6) is 0 Å². The monoisotopic (exact) mass is 350 g/mol. The van der Waals surface area contributed by atoms with E-state index in [0.29, 0.717) is 29.1 Å². The zero-order valence-corrected chi connectivity index (χ0v) is 14.3. The van der Waals surface area contributed by atoms with E-state index in [9.17, 15) is 18.4 Å². The van der Waals surface area contributed by atoms with Crippen molar-refractivity contribution in [2.45, 2.75) is 38.5 Å². The van der Waals surface area contributed by atoms with Gasteiger partial charge in [-0.25, -0.2) is 0 Å². The van der Waals surface area contributed by atoms with Crippen LogP contribution in [0, 0.1) is 11.3 Å². The summed E-state index contributed by atoms with van der Waals surface area (Å²) in [5.74, 6) is 0.744. The summed E-state index contributed by atoms with van der Waals surface area (Å²) in [7, 11) is 1.93. The first-order chi connectivity index (χ1) is 11.9. The number of nitrogens with zero attached hydrogens (tertiary/aromatic N) is 3. The van der Waals surface area contributed by atoms with Gasteiger partial charge in [-0.05, 0) is 38.9 Å². The first-order valence-electron chi connectivity index (χ1n) is 8.46. The van der Waals surface area contributed by atoms with Gasteiger partial charge in [-0.15, -0.1) is 0 Å². The Bertz CT molecular complexity index is 808. The summed E-state index contributed by atoms with van der Waals surface area (Å²) in [5.41, 5.74) is 0.255. The number of aryl methyl sites for hydroxylation is 1. The summed E-state index contributed by atoms with van der Waals surface area (Å²) in [6, 6.07) is 6.29. The van der Waals surface area contributed by atoms with Gasteiger partial charge in [-0.3, -0.25) is 0 Å². The Kier molecular flexibility index (Phi) is 4.65. The van der Waals surface area contributed by atoms with Crippen LogP contribution in [0.2, 0.25) is 0 Å². The molecule has 0 atom stereocenters. The largest absolute Gasteiger partial charge is 0.416 e. The van der Waals surface area contributed by atoms with Crippen LogP contribution in [0.1, 0.15) is 30.9 Å². The number of anilines is 1. The number of nitrogens with one attached hydrogen (secondary N) is 1. The van der Waals surface area contributed by atoms with Gasteiger partial charge < -0.3 is 14.8 Å². The quantitative estimate of drug-likeness (QED) is 0.917. The Labute approximate surface area is 144 Å². The molecule has 1 aliphatic rings. The molecule has 1 fully saturated rings. The maximum absolute atomic E-state index is 13.1. The van der Waals surface area contributed by atoms with E-state index in [1.807, 2.05) is 18.5 Å². The summed E-state index contributed by atoms with van der Waals surface area (Å²) >= 11 is 0. The van der Waals surface area contributed by atoms with Gasteiger partial charge in [0.05, 0.1) is 11.1 Å². The van der Waals surface area contributed by atoms with E-state index < -0.39 is 11.7 Å². The number of benzene rings is 1. The zero-order chi connectivity index (χ0) is 18.2. The SMILES string of the molecule is CCn1c(N2CCC(NC)CC2)c(C#N)c2ccc(C(F)(F)F)cc21. The maximum Gasteiger partial charge on any atom is 0.416 e. The Balaban J connectivity index is 2.13. The number of piperidine rings is 1. The van der Waals surface area contributed by atoms with E-state index in [0.717, 1.165) is 43.9 Å². The number of halogens is 3. The summed E-state index contributed by atoms with van der Waals surface area (Å²) in [5, 5.41) is 13.5.